The van der Waals surface area contributed by atoms with Crippen LogP contribution in [0.3, 0.4) is 0 Å². The highest BCUT2D eigenvalue weighted by Crippen LogP contribution is 2.39. The van der Waals surface area contributed by atoms with E-state index in [0.29, 0.717) is 11.0 Å². The van der Waals surface area contributed by atoms with Crippen LogP contribution in [-0.2, 0) is 0 Å². The van der Waals surface area contributed by atoms with Crippen LogP contribution in [0, 0.1) is 11.6 Å². The lowest BCUT2D eigenvalue weighted by Gasteiger charge is -2.20. The van der Waals surface area contributed by atoms with Crippen LogP contribution in [0.15, 0.2) is 48.5 Å². The number of rotatable bonds is 5. The minimum absolute atomic E-state index is 0.0417. The molecular formula is C15H8Cl2F2O2S. The fourth-order valence-electron chi connectivity index (χ4n) is 1.75. The number of carbonyl (C=O) groups is 2. The summed E-state index contributed by atoms with van der Waals surface area (Å²) >= 11 is 6.12. The Morgan fingerprint density at radius 2 is 1.14 bits per heavy atom. The van der Waals surface area contributed by atoms with Gasteiger partial charge in [-0.15, -0.1) is 0 Å². The zero-order valence-electron chi connectivity index (χ0n) is 10.9. The van der Waals surface area contributed by atoms with Gasteiger partial charge in [-0.1, -0.05) is 11.6 Å². The van der Waals surface area contributed by atoms with Gasteiger partial charge in [0.2, 0.25) is 15.8 Å². The van der Waals surface area contributed by atoms with Gasteiger partial charge < -0.3 is 0 Å². The fourth-order valence-corrected chi connectivity index (χ4v) is 2.76. The highest BCUT2D eigenvalue weighted by molar-refractivity contribution is 8.24. The second kappa shape index (κ2) is 6.77. The van der Waals surface area contributed by atoms with E-state index in [2.05, 4.69) is 0 Å². The quantitative estimate of drug-likeness (QED) is 0.434. The lowest BCUT2D eigenvalue weighted by Crippen LogP contribution is -2.37. The van der Waals surface area contributed by atoms with Crippen LogP contribution in [0.25, 0.3) is 0 Å². The van der Waals surface area contributed by atoms with Crippen molar-refractivity contribution >= 4 is 44.8 Å². The third kappa shape index (κ3) is 3.32. The van der Waals surface area contributed by atoms with E-state index in [4.69, 9.17) is 22.3 Å². The van der Waals surface area contributed by atoms with Gasteiger partial charge in [-0.25, -0.2) is 8.78 Å². The molecule has 0 saturated heterocycles. The maximum Gasteiger partial charge on any atom is 0.229 e. The Labute approximate surface area is 138 Å². The zero-order valence-corrected chi connectivity index (χ0v) is 13.2. The van der Waals surface area contributed by atoms with E-state index in [1.165, 1.54) is 24.3 Å². The number of carbonyl (C=O) groups excluding carboxylic acids is 2. The van der Waals surface area contributed by atoms with Crippen molar-refractivity contribution in [1.29, 1.82) is 0 Å². The van der Waals surface area contributed by atoms with Crippen molar-refractivity contribution in [1.82, 2.24) is 0 Å². The number of alkyl halides is 1. The van der Waals surface area contributed by atoms with Gasteiger partial charge in [0.15, 0.2) is 0 Å². The van der Waals surface area contributed by atoms with Crippen molar-refractivity contribution in [2.75, 3.05) is 0 Å². The highest BCUT2D eigenvalue weighted by Gasteiger charge is 2.45. The smallest absolute Gasteiger partial charge is 0.229 e. The average Bonchev–Trinajstić information content (AvgIpc) is 2.54. The summed E-state index contributed by atoms with van der Waals surface area (Å²) in [6.07, 6.45) is 0. The van der Waals surface area contributed by atoms with Gasteiger partial charge in [-0.3, -0.25) is 9.59 Å². The Morgan fingerprint density at radius 1 is 0.818 bits per heavy atom. The van der Waals surface area contributed by atoms with Crippen molar-refractivity contribution in [3.05, 3.63) is 71.3 Å². The lowest BCUT2D eigenvalue weighted by atomic mass is 10.0. The molecule has 0 aliphatic heterocycles. The van der Waals surface area contributed by atoms with E-state index < -0.39 is 27.4 Å². The number of Topliss-reactive ketones (excluding diaryl/α,β-unsaturated/α-hetero) is 2. The molecule has 114 valence electrons. The second-order valence-electron chi connectivity index (χ2n) is 4.34. The third-order valence-electron chi connectivity index (χ3n) is 2.90. The molecule has 0 fully saturated rings. The third-order valence-corrected chi connectivity index (χ3v) is 4.99. The topological polar surface area (TPSA) is 34.1 Å². The van der Waals surface area contributed by atoms with Crippen molar-refractivity contribution in [2.24, 2.45) is 0 Å². The maximum absolute atomic E-state index is 12.9. The van der Waals surface area contributed by atoms with Crippen molar-refractivity contribution in [3.8, 4) is 0 Å². The molecule has 0 aliphatic carbocycles. The van der Waals surface area contributed by atoms with Gasteiger partial charge in [-0.2, -0.15) is 0 Å². The van der Waals surface area contributed by atoms with Crippen LogP contribution in [0.1, 0.15) is 20.7 Å². The molecule has 22 heavy (non-hydrogen) atoms. The lowest BCUT2D eigenvalue weighted by molar-refractivity contribution is 0.0884. The molecule has 0 aromatic heterocycles. The molecule has 7 heteroatoms. The van der Waals surface area contributed by atoms with Crippen LogP contribution >= 0.6 is 33.3 Å². The maximum atomic E-state index is 12.9. The normalized spacial score (nSPS) is 11.3. The van der Waals surface area contributed by atoms with Crippen molar-refractivity contribution < 1.29 is 18.4 Å². The summed E-state index contributed by atoms with van der Waals surface area (Å²) < 4.78 is 23.7. The van der Waals surface area contributed by atoms with Gasteiger partial charge in [0.1, 0.15) is 11.6 Å². The minimum atomic E-state index is -2.11. The molecule has 0 N–H and O–H groups in total. The van der Waals surface area contributed by atoms with E-state index >= 15 is 0 Å². The van der Waals surface area contributed by atoms with Crippen LogP contribution in [-0.4, -0.2) is 15.8 Å². The van der Waals surface area contributed by atoms with E-state index in [0.717, 1.165) is 24.3 Å². The molecule has 0 radical (unpaired) electrons. The zero-order chi connectivity index (χ0) is 16.3. The van der Waals surface area contributed by atoms with Crippen LogP contribution in [0.4, 0.5) is 8.78 Å². The Balaban J connectivity index is 2.38. The number of hydrogen-bond donors (Lipinski definition) is 0. The summed E-state index contributed by atoms with van der Waals surface area (Å²) in [5, 5.41) is 0. The summed E-state index contributed by atoms with van der Waals surface area (Å²) in [7, 11) is 5.99. The molecule has 2 aromatic carbocycles. The molecule has 0 unspecified atom stereocenters. The fraction of sp³-hybridized carbons (Fsp3) is 0.0667. The highest BCUT2D eigenvalue weighted by atomic mass is 35.7. The Bertz CT molecular complexity index is 645. The molecule has 2 rings (SSSR count). The molecule has 0 aliphatic rings. The Morgan fingerprint density at radius 3 is 1.41 bits per heavy atom. The molecule has 0 amide bonds. The van der Waals surface area contributed by atoms with Crippen LogP contribution < -0.4 is 0 Å². The molecule has 0 atom stereocenters. The first-order valence-electron chi connectivity index (χ1n) is 5.98. The Kier molecular flexibility index (Phi) is 5.21. The summed E-state index contributed by atoms with van der Waals surface area (Å²) in [5.41, 5.74) is 0.0834. The van der Waals surface area contributed by atoms with Gasteiger partial charge in [0.05, 0.1) is 0 Å². The summed E-state index contributed by atoms with van der Waals surface area (Å²) in [4.78, 5) is 24.9. The number of benzene rings is 2. The molecular weight excluding hydrogens is 353 g/mol. The number of ketones is 2. The minimum Gasteiger partial charge on any atom is -0.291 e. The summed E-state index contributed by atoms with van der Waals surface area (Å²) in [5.74, 6) is -2.60. The molecule has 0 bridgehead atoms. The van der Waals surface area contributed by atoms with Gasteiger partial charge >= 0.3 is 0 Å². The molecule has 0 spiro atoms. The summed E-state index contributed by atoms with van der Waals surface area (Å²) in [6, 6.07) is 9.13. The van der Waals surface area contributed by atoms with Gasteiger partial charge in [0.25, 0.3) is 0 Å². The van der Waals surface area contributed by atoms with E-state index in [-0.39, 0.29) is 11.1 Å². The molecule has 0 saturated carbocycles. The van der Waals surface area contributed by atoms with Crippen molar-refractivity contribution in [3.63, 3.8) is 0 Å². The summed E-state index contributed by atoms with van der Waals surface area (Å²) in [6.45, 7) is 0. The number of halogens is 4. The standard InChI is InChI=1S/C15H8Cl2F2O2S/c16-15(22-17,13(20)9-1-5-11(18)6-2-9)14(21)10-3-7-12(19)8-4-10/h1-8H. The van der Waals surface area contributed by atoms with E-state index in [1.807, 2.05) is 0 Å². The monoisotopic (exact) mass is 360 g/mol. The predicted octanol–water partition coefficient (Wildman–Crippen LogP) is 4.85. The first-order chi connectivity index (χ1) is 10.4. The van der Waals surface area contributed by atoms with Crippen LogP contribution in [0.5, 0.6) is 0 Å². The van der Waals surface area contributed by atoms with Crippen LogP contribution in [0.2, 0.25) is 0 Å². The largest absolute Gasteiger partial charge is 0.291 e. The van der Waals surface area contributed by atoms with E-state index in [9.17, 15) is 18.4 Å². The molecule has 2 nitrogen and oxygen atoms in total. The first-order valence-corrected chi connectivity index (χ1v) is 8.00. The Hall–Kier alpha value is -1.43. The molecule has 2 aromatic rings. The SMILES string of the molecule is O=C(c1ccc(F)cc1)C(Cl)(SCl)C(=O)c1ccc(F)cc1. The average molecular weight is 361 g/mol. The first kappa shape index (κ1) is 16.9. The predicted molar refractivity (Wildman–Crippen MR) is 83.5 cm³/mol. The van der Waals surface area contributed by atoms with Crippen molar-refractivity contribution in [2.45, 2.75) is 4.21 Å². The number of hydrogen-bond acceptors (Lipinski definition) is 3. The molecule has 0 heterocycles. The van der Waals surface area contributed by atoms with Gasteiger partial charge in [0, 0.05) is 11.1 Å². The van der Waals surface area contributed by atoms with E-state index in [1.54, 1.807) is 0 Å². The van der Waals surface area contributed by atoms with Gasteiger partial charge in [-0.05, 0) is 70.2 Å². The second-order valence-corrected chi connectivity index (χ2v) is 6.37.